The van der Waals surface area contributed by atoms with Crippen LogP contribution < -0.4 is 16.0 Å². The lowest BCUT2D eigenvalue weighted by atomic mass is 9.90. The van der Waals surface area contributed by atoms with Gasteiger partial charge < -0.3 is 25.8 Å². The van der Waals surface area contributed by atoms with Crippen molar-refractivity contribution in [2.24, 2.45) is 5.92 Å². The Morgan fingerprint density at radius 3 is 2.15 bits per heavy atom. The van der Waals surface area contributed by atoms with Crippen molar-refractivity contribution in [2.75, 3.05) is 6.54 Å². The predicted molar refractivity (Wildman–Crippen MR) is 129 cm³/mol. The van der Waals surface area contributed by atoms with Gasteiger partial charge in [-0.25, -0.2) is 9.59 Å². The Kier molecular flexibility index (Phi) is 12.1. The second kappa shape index (κ2) is 14.2. The third-order valence-electron chi connectivity index (χ3n) is 5.10. The fourth-order valence-corrected chi connectivity index (χ4v) is 3.53. The van der Waals surface area contributed by atoms with E-state index in [1.54, 1.807) is 51.1 Å². The summed E-state index contributed by atoms with van der Waals surface area (Å²) in [5.41, 5.74) is -0.237. The van der Waals surface area contributed by atoms with E-state index in [1.165, 1.54) is 0 Å². The van der Waals surface area contributed by atoms with Crippen LogP contribution in [0.25, 0.3) is 0 Å². The highest BCUT2D eigenvalue weighted by Crippen LogP contribution is 2.19. The third-order valence-corrected chi connectivity index (χ3v) is 5.10. The van der Waals surface area contributed by atoms with Crippen molar-refractivity contribution in [3.05, 3.63) is 35.9 Å². The van der Waals surface area contributed by atoms with Gasteiger partial charge in [0.2, 0.25) is 11.8 Å². The number of carbonyl (C=O) groups is 4. The zero-order chi connectivity index (χ0) is 25.7. The van der Waals surface area contributed by atoms with Crippen molar-refractivity contribution >= 4 is 23.9 Å². The molecule has 0 spiro atoms. The largest absolute Gasteiger partial charge is 0.479 e. The van der Waals surface area contributed by atoms with Gasteiger partial charge >= 0.3 is 12.1 Å². The molecule has 1 rings (SSSR count). The first-order valence-electron chi connectivity index (χ1n) is 11.8. The molecule has 0 aliphatic rings. The minimum Gasteiger partial charge on any atom is -0.479 e. The summed E-state index contributed by atoms with van der Waals surface area (Å²) in [6.07, 6.45) is 2.93. The molecule has 0 bridgehead atoms. The number of hydrogen-bond acceptors (Lipinski definition) is 5. The average molecular weight is 478 g/mol. The minimum atomic E-state index is -1.22. The molecule has 3 unspecified atom stereocenters. The summed E-state index contributed by atoms with van der Waals surface area (Å²) in [5, 5.41) is 17.3. The Balaban J connectivity index is 2.83. The monoisotopic (exact) mass is 477 g/mol. The van der Waals surface area contributed by atoms with E-state index in [4.69, 9.17) is 4.74 Å². The van der Waals surface area contributed by atoms with E-state index >= 15 is 0 Å². The zero-order valence-electron chi connectivity index (χ0n) is 20.8. The molecule has 4 N–H and O–H groups in total. The molecule has 190 valence electrons. The molecule has 34 heavy (non-hydrogen) atoms. The van der Waals surface area contributed by atoms with Crippen LogP contribution in [-0.2, 0) is 19.1 Å². The van der Waals surface area contributed by atoms with Gasteiger partial charge in [0.1, 0.15) is 5.60 Å². The lowest BCUT2D eigenvalue weighted by Gasteiger charge is -2.29. The molecule has 1 aromatic carbocycles. The zero-order valence-corrected chi connectivity index (χ0v) is 20.8. The van der Waals surface area contributed by atoms with Crippen molar-refractivity contribution in [1.29, 1.82) is 0 Å². The van der Waals surface area contributed by atoms with E-state index in [0.29, 0.717) is 24.8 Å². The average Bonchev–Trinajstić information content (AvgIpc) is 2.76. The van der Waals surface area contributed by atoms with Gasteiger partial charge in [0.25, 0.3) is 0 Å². The van der Waals surface area contributed by atoms with Crippen molar-refractivity contribution in [3.8, 4) is 0 Å². The number of carboxylic acid groups (broad SMARTS) is 1. The van der Waals surface area contributed by atoms with Crippen molar-refractivity contribution in [3.63, 3.8) is 0 Å². The smallest absolute Gasteiger partial charge is 0.407 e. The topological polar surface area (TPSA) is 134 Å². The van der Waals surface area contributed by atoms with E-state index in [1.807, 2.05) is 13.8 Å². The fraction of sp³-hybridized carbons (Fsp3) is 0.600. The van der Waals surface area contributed by atoms with Gasteiger partial charge in [0.05, 0.1) is 12.5 Å². The number of nitrogens with one attached hydrogen (secondary N) is 3. The van der Waals surface area contributed by atoms with Crippen LogP contribution in [0.15, 0.2) is 30.3 Å². The number of ether oxygens (including phenoxy) is 1. The highest BCUT2D eigenvalue weighted by Gasteiger charge is 2.31. The molecule has 0 saturated heterocycles. The summed E-state index contributed by atoms with van der Waals surface area (Å²) < 4.78 is 5.36. The Morgan fingerprint density at radius 1 is 0.971 bits per heavy atom. The molecule has 3 atom stereocenters. The summed E-state index contributed by atoms with van der Waals surface area (Å²) >= 11 is 0. The Morgan fingerprint density at radius 2 is 1.62 bits per heavy atom. The SMILES string of the molecule is CCCCC(NC(=O)OC(C)(C)C)C(CCC)C(=O)NCC(=O)NC(C(=O)O)c1ccccc1. The van der Waals surface area contributed by atoms with Gasteiger partial charge in [-0.1, -0.05) is 63.4 Å². The lowest BCUT2D eigenvalue weighted by molar-refractivity contribution is -0.142. The van der Waals surface area contributed by atoms with E-state index in [2.05, 4.69) is 16.0 Å². The van der Waals surface area contributed by atoms with Crippen LogP contribution in [0, 0.1) is 5.92 Å². The second-order valence-corrected chi connectivity index (χ2v) is 9.26. The number of benzene rings is 1. The van der Waals surface area contributed by atoms with Crippen molar-refractivity contribution < 1.29 is 29.0 Å². The van der Waals surface area contributed by atoms with Crippen molar-refractivity contribution in [2.45, 2.75) is 84.4 Å². The number of rotatable bonds is 13. The number of alkyl carbamates (subject to hydrolysis) is 1. The summed E-state index contributed by atoms with van der Waals surface area (Å²) in [4.78, 5) is 49.4. The Bertz CT molecular complexity index is 807. The van der Waals surface area contributed by atoms with Crippen LogP contribution in [0.3, 0.4) is 0 Å². The van der Waals surface area contributed by atoms with E-state index in [0.717, 1.165) is 12.8 Å². The van der Waals surface area contributed by atoms with E-state index in [-0.39, 0.29) is 12.5 Å². The molecule has 0 saturated carbocycles. The molecule has 9 heteroatoms. The molecule has 0 aliphatic carbocycles. The van der Waals surface area contributed by atoms with Gasteiger partial charge in [-0.05, 0) is 39.2 Å². The second-order valence-electron chi connectivity index (χ2n) is 9.26. The number of carboxylic acids is 1. The van der Waals surface area contributed by atoms with Crippen molar-refractivity contribution in [1.82, 2.24) is 16.0 Å². The first kappa shape index (κ1) is 28.9. The maximum Gasteiger partial charge on any atom is 0.407 e. The predicted octanol–water partition coefficient (Wildman–Crippen LogP) is 3.54. The fourth-order valence-electron chi connectivity index (χ4n) is 3.53. The Labute approximate surface area is 202 Å². The third kappa shape index (κ3) is 10.7. The van der Waals surface area contributed by atoms with Crippen LogP contribution in [0.5, 0.6) is 0 Å². The molecule has 0 heterocycles. The number of unbranched alkanes of at least 4 members (excludes halogenated alkanes) is 1. The van der Waals surface area contributed by atoms with Crippen LogP contribution in [0.4, 0.5) is 4.79 Å². The molecule has 3 amide bonds. The Hall–Kier alpha value is -3.10. The molecular formula is C25H39N3O6. The normalized spacial score (nSPS) is 13.8. The number of aliphatic carboxylic acids is 1. The lowest BCUT2D eigenvalue weighted by Crippen LogP contribution is -2.49. The summed E-state index contributed by atoms with van der Waals surface area (Å²) in [7, 11) is 0. The summed E-state index contributed by atoms with van der Waals surface area (Å²) in [6, 6.07) is 6.66. The quantitative estimate of drug-likeness (QED) is 0.343. The van der Waals surface area contributed by atoms with E-state index < -0.39 is 41.6 Å². The maximum atomic E-state index is 13.0. The molecule has 1 aromatic rings. The number of amides is 3. The van der Waals surface area contributed by atoms with Crippen LogP contribution in [0.1, 0.15) is 78.3 Å². The maximum absolute atomic E-state index is 13.0. The standard InChI is InChI=1S/C25H39N3O6/c1-6-8-15-19(27-24(33)34-25(3,4)5)18(12-7-2)22(30)26-16-20(29)28-21(23(31)32)17-13-10-9-11-14-17/h9-11,13-14,18-19,21H,6-8,12,15-16H2,1-5H3,(H,26,30)(H,27,33)(H,28,29)(H,31,32). The number of carbonyl (C=O) groups excluding carboxylic acids is 3. The summed E-state index contributed by atoms with van der Waals surface area (Å²) in [6.45, 7) is 8.89. The number of hydrogen-bond donors (Lipinski definition) is 4. The van der Waals surface area contributed by atoms with Crippen LogP contribution in [-0.4, -0.2) is 47.2 Å². The van der Waals surface area contributed by atoms with Crippen LogP contribution >= 0.6 is 0 Å². The van der Waals surface area contributed by atoms with Crippen LogP contribution in [0.2, 0.25) is 0 Å². The first-order valence-corrected chi connectivity index (χ1v) is 11.8. The summed E-state index contributed by atoms with van der Waals surface area (Å²) in [5.74, 6) is -2.75. The van der Waals surface area contributed by atoms with Gasteiger partial charge in [-0.2, -0.15) is 0 Å². The molecule has 0 radical (unpaired) electrons. The molecular weight excluding hydrogens is 438 g/mol. The molecule has 0 fully saturated rings. The van der Waals surface area contributed by atoms with Gasteiger partial charge in [0, 0.05) is 6.04 Å². The highest BCUT2D eigenvalue weighted by molar-refractivity contribution is 5.89. The van der Waals surface area contributed by atoms with E-state index in [9.17, 15) is 24.3 Å². The molecule has 0 aromatic heterocycles. The molecule has 0 aliphatic heterocycles. The molecule has 9 nitrogen and oxygen atoms in total. The van der Waals surface area contributed by atoms with Gasteiger partial charge in [0.15, 0.2) is 6.04 Å². The van der Waals surface area contributed by atoms with Gasteiger partial charge in [-0.15, -0.1) is 0 Å². The van der Waals surface area contributed by atoms with Gasteiger partial charge in [-0.3, -0.25) is 9.59 Å². The first-order chi connectivity index (χ1) is 16.0. The highest BCUT2D eigenvalue weighted by atomic mass is 16.6. The minimum absolute atomic E-state index is 0.372.